The van der Waals surface area contributed by atoms with E-state index in [1.54, 1.807) is 26.1 Å². The van der Waals surface area contributed by atoms with Crippen molar-refractivity contribution < 1.29 is 28.2 Å². The van der Waals surface area contributed by atoms with E-state index in [2.05, 4.69) is 16.0 Å². The summed E-state index contributed by atoms with van der Waals surface area (Å²) in [6.07, 6.45) is 2.11. The van der Waals surface area contributed by atoms with Crippen LogP contribution in [0.5, 0.6) is 0 Å². The Kier molecular flexibility index (Phi) is 9.79. The highest BCUT2D eigenvalue weighted by Crippen LogP contribution is 2.33. The molecule has 0 spiro atoms. The van der Waals surface area contributed by atoms with Crippen molar-refractivity contribution in [2.45, 2.75) is 44.3 Å². The Morgan fingerprint density at radius 2 is 1.62 bits per heavy atom. The molecule has 1 aliphatic heterocycles. The molecule has 1 heterocycles. The number of amides is 3. The topological polar surface area (TPSA) is 109 Å². The van der Waals surface area contributed by atoms with Gasteiger partial charge >= 0.3 is 0 Å². The van der Waals surface area contributed by atoms with Crippen LogP contribution >= 0.6 is 0 Å². The zero-order valence-electron chi connectivity index (χ0n) is 19.8. The number of nitrogens with one attached hydrogen (secondary N) is 3. The van der Waals surface area contributed by atoms with Gasteiger partial charge in [-0.2, -0.15) is 0 Å². The molecule has 1 saturated carbocycles. The first-order chi connectivity index (χ1) is 16.4. The predicted octanol–water partition coefficient (Wildman–Crippen LogP) is 0.231. The van der Waals surface area contributed by atoms with Crippen molar-refractivity contribution in [2.24, 2.45) is 5.92 Å². The fourth-order valence-corrected chi connectivity index (χ4v) is 3.81. The molecule has 0 aromatic heterocycles. The third-order valence-electron chi connectivity index (χ3n) is 6.18. The van der Waals surface area contributed by atoms with E-state index in [4.69, 9.17) is 9.47 Å². The number of hydrogen-bond donors (Lipinski definition) is 3. The first-order valence-electron chi connectivity index (χ1n) is 11.8. The van der Waals surface area contributed by atoms with Gasteiger partial charge in [0.25, 0.3) is 0 Å². The Morgan fingerprint density at radius 1 is 0.971 bits per heavy atom. The van der Waals surface area contributed by atoms with Crippen LogP contribution in [0.1, 0.15) is 25.3 Å². The summed E-state index contributed by atoms with van der Waals surface area (Å²) in [4.78, 5) is 40.5. The minimum atomic E-state index is -0.886. The average molecular weight is 479 g/mol. The van der Waals surface area contributed by atoms with Crippen molar-refractivity contribution in [2.75, 3.05) is 46.6 Å². The summed E-state index contributed by atoms with van der Waals surface area (Å²) in [6.45, 7) is 3.99. The van der Waals surface area contributed by atoms with Crippen LogP contribution in [0.15, 0.2) is 24.3 Å². The van der Waals surface area contributed by atoms with Crippen LogP contribution in [-0.2, 0) is 30.3 Å². The van der Waals surface area contributed by atoms with Gasteiger partial charge in [-0.1, -0.05) is 12.1 Å². The smallest absolute Gasteiger partial charge is 0.243 e. The van der Waals surface area contributed by atoms with Crippen LogP contribution in [0.25, 0.3) is 0 Å². The van der Waals surface area contributed by atoms with Gasteiger partial charge in [-0.25, -0.2) is 4.39 Å². The quantitative estimate of drug-likeness (QED) is 0.574. The van der Waals surface area contributed by atoms with Crippen molar-refractivity contribution in [1.29, 1.82) is 0 Å². The summed E-state index contributed by atoms with van der Waals surface area (Å²) in [5.74, 6) is -1.10. The van der Waals surface area contributed by atoms with Gasteiger partial charge in [-0.05, 0) is 43.4 Å². The fraction of sp³-hybridized carbons (Fsp3) is 0.625. The highest BCUT2D eigenvalue weighted by atomic mass is 19.1. The molecule has 10 heteroatoms. The van der Waals surface area contributed by atoms with Gasteiger partial charge < -0.3 is 30.3 Å². The third kappa shape index (κ3) is 7.75. The zero-order chi connectivity index (χ0) is 24.5. The van der Waals surface area contributed by atoms with Crippen molar-refractivity contribution in [3.63, 3.8) is 0 Å². The second kappa shape index (κ2) is 12.8. The number of halogens is 1. The van der Waals surface area contributed by atoms with Gasteiger partial charge in [0.15, 0.2) is 0 Å². The molecule has 0 bridgehead atoms. The summed E-state index contributed by atoms with van der Waals surface area (Å²) in [7, 11) is 1.60. The van der Waals surface area contributed by atoms with Crippen molar-refractivity contribution in [3.8, 4) is 0 Å². The van der Waals surface area contributed by atoms with E-state index in [-0.39, 0.29) is 42.6 Å². The highest BCUT2D eigenvalue weighted by molar-refractivity contribution is 5.93. The molecule has 1 saturated heterocycles. The molecule has 2 aliphatic rings. The van der Waals surface area contributed by atoms with Crippen molar-refractivity contribution >= 4 is 17.7 Å². The molecule has 2 fully saturated rings. The lowest BCUT2D eigenvalue weighted by molar-refractivity contribution is -0.141. The van der Waals surface area contributed by atoms with E-state index in [0.717, 1.165) is 12.8 Å². The second-order valence-corrected chi connectivity index (χ2v) is 8.80. The molecule has 34 heavy (non-hydrogen) atoms. The number of carbonyl (C=O) groups is 3. The largest absolute Gasteiger partial charge is 0.378 e. The standard InChI is InChI=1S/C24H35FN4O5/c1-16-22(30)28-20(15-17-3-7-19(25)8-4-17)23(31)27-10-12-34-14-13-33-11-9-26-21(18-5-6-18)24(32)29(16)2/h3-4,7-8,16,18,20-21,26H,5-6,9-15H2,1-2H3,(H,27,31)(H,28,30)/t16-,20-,21+/m1/s1. The lowest BCUT2D eigenvalue weighted by Gasteiger charge is -2.30. The van der Waals surface area contributed by atoms with E-state index in [9.17, 15) is 18.8 Å². The SMILES string of the molecule is C[C@@H]1C(=O)N[C@H](Cc2ccc(F)cc2)C(=O)NCCOCCOCCN[C@@H](C2CC2)C(=O)N1C. The first kappa shape index (κ1) is 26.1. The minimum Gasteiger partial charge on any atom is -0.378 e. The number of hydrogen-bond acceptors (Lipinski definition) is 6. The summed E-state index contributed by atoms with van der Waals surface area (Å²) in [5, 5.41) is 8.82. The number of likely N-dealkylation sites (N-methyl/N-ethyl adjacent to an activating group) is 1. The molecule has 1 aromatic carbocycles. The van der Waals surface area contributed by atoms with E-state index in [1.165, 1.54) is 17.0 Å². The fourth-order valence-electron chi connectivity index (χ4n) is 3.81. The number of nitrogens with zero attached hydrogens (tertiary/aromatic N) is 1. The summed E-state index contributed by atoms with van der Waals surface area (Å²) >= 11 is 0. The molecular formula is C24H35FN4O5. The first-order valence-corrected chi connectivity index (χ1v) is 11.8. The van der Waals surface area contributed by atoms with Crippen LogP contribution in [0.4, 0.5) is 4.39 Å². The van der Waals surface area contributed by atoms with Crippen LogP contribution in [0.2, 0.25) is 0 Å². The number of benzene rings is 1. The Morgan fingerprint density at radius 3 is 2.26 bits per heavy atom. The van der Waals surface area contributed by atoms with Gasteiger partial charge in [0, 0.05) is 26.6 Å². The molecule has 3 amide bonds. The Bertz CT molecular complexity index is 833. The lowest BCUT2D eigenvalue weighted by Crippen LogP contribution is -2.57. The Balaban J connectivity index is 1.73. The van der Waals surface area contributed by atoms with Gasteiger partial charge in [0.1, 0.15) is 17.9 Å². The zero-order valence-corrected chi connectivity index (χ0v) is 19.8. The molecule has 3 N–H and O–H groups in total. The third-order valence-corrected chi connectivity index (χ3v) is 6.18. The predicted molar refractivity (Wildman–Crippen MR) is 123 cm³/mol. The van der Waals surface area contributed by atoms with Gasteiger partial charge in [0.05, 0.1) is 32.5 Å². The summed E-state index contributed by atoms with van der Waals surface area (Å²) in [6, 6.07) is 3.74. The van der Waals surface area contributed by atoms with Crippen molar-refractivity contribution in [3.05, 3.63) is 35.6 Å². The summed E-state index contributed by atoms with van der Waals surface area (Å²) in [5.41, 5.74) is 0.701. The van der Waals surface area contributed by atoms with Crippen LogP contribution in [-0.4, -0.2) is 87.3 Å². The maximum atomic E-state index is 13.3. The van der Waals surface area contributed by atoms with Gasteiger partial charge in [0.2, 0.25) is 17.7 Å². The van der Waals surface area contributed by atoms with E-state index < -0.39 is 18.0 Å². The average Bonchev–Trinajstić information content (AvgIpc) is 3.66. The Hall–Kier alpha value is -2.56. The van der Waals surface area contributed by atoms with Crippen LogP contribution in [0.3, 0.4) is 0 Å². The molecule has 0 radical (unpaired) electrons. The molecule has 1 aliphatic carbocycles. The lowest BCUT2D eigenvalue weighted by atomic mass is 10.0. The van der Waals surface area contributed by atoms with E-state index in [1.807, 2.05) is 0 Å². The number of ether oxygens (including phenoxy) is 2. The maximum Gasteiger partial charge on any atom is 0.243 e. The summed E-state index contributed by atoms with van der Waals surface area (Å²) < 4.78 is 24.3. The van der Waals surface area contributed by atoms with Gasteiger partial charge in [-0.15, -0.1) is 0 Å². The molecule has 9 nitrogen and oxygen atoms in total. The maximum absolute atomic E-state index is 13.3. The van der Waals surface area contributed by atoms with E-state index in [0.29, 0.717) is 38.5 Å². The van der Waals surface area contributed by atoms with Gasteiger partial charge in [-0.3, -0.25) is 14.4 Å². The molecule has 188 valence electrons. The molecule has 0 unspecified atom stereocenters. The van der Waals surface area contributed by atoms with Crippen LogP contribution in [0, 0.1) is 11.7 Å². The van der Waals surface area contributed by atoms with E-state index >= 15 is 0 Å². The number of carbonyl (C=O) groups excluding carboxylic acids is 3. The monoisotopic (exact) mass is 478 g/mol. The molecular weight excluding hydrogens is 443 g/mol. The normalized spacial score (nSPS) is 26.9. The highest BCUT2D eigenvalue weighted by Gasteiger charge is 2.39. The molecule has 3 rings (SSSR count). The molecule has 1 aromatic rings. The number of rotatable bonds is 3. The Labute approximate surface area is 199 Å². The molecule has 3 atom stereocenters. The minimum absolute atomic E-state index is 0.158. The second-order valence-electron chi connectivity index (χ2n) is 8.80. The van der Waals surface area contributed by atoms with Crippen LogP contribution < -0.4 is 16.0 Å². The van der Waals surface area contributed by atoms with Crippen molar-refractivity contribution in [1.82, 2.24) is 20.9 Å².